The summed E-state index contributed by atoms with van der Waals surface area (Å²) in [4.78, 5) is 35.7. The van der Waals surface area contributed by atoms with Crippen LogP contribution in [0.3, 0.4) is 0 Å². The number of amides is 1. The predicted molar refractivity (Wildman–Crippen MR) is 91.4 cm³/mol. The molecule has 0 aliphatic carbocycles. The van der Waals surface area contributed by atoms with Crippen LogP contribution in [-0.4, -0.2) is 43.0 Å². The lowest BCUT2D eigenvalue weighted by Crippen LogP contribution is -3.14. The number of hydrogen-bond donors (Lipinski definition) is 2. The maximum absolute atomic E-state index is 12.3. The largest absolute Gasteiger partial charge is 0.466 e. The minimum atomic E-state index is -0.500. The van der Waals surface area contributed by atoms with Crippen LogP contribution < -0.4 is 10.2 Å². The monoisotopic (exact) mass is 350 g/mol. The molecule has 25 heavy (non-hydrogen) atoms. The van der Waals surface area contributed by atoms with E-state index in [0.717, 1.165) is 4.90 Å². The summed E-state index contributed by atoms with van der Waals surface area (Å²) in [5, 5.41) is 13.8. The first-order chi connectivity index (χ1) is 11.9. The van der Waals surface area contributed by atoms with Crippen molar-refractivity contribution in [2.75, 3.05) is 31.6 Å². The second-order valence-corrected chi connectivity index (χ2v) is 6.23. The van der Waals surface area contributed by atoms with Crippen molar-refractivity contribution in [3.8, 4) is 0 Å². The Bertz CT molecular complexity index is 654. The highest BCUT2D eigenvalue weighted by Gasteiger charge is 2.29. The third-order valence-corrected chi connectivity index (χ3v) is 4.44. The number of nitrogens with one attached hydrogen (secondary N) is 2. The van der Waals surface area contributed by atoms with Gasteiger partial charge >= 0.3 is 5.97 Å². The number of carbonyl (C=O) groups excluding carboxylic acids is 2. The summed E-state index contributed by atoms with van der Waals surface area (Å²) in [6, 6.07) is 4.69. The zero-order valence-electron chi connectivity index (χ0n) is 14.5. The molecule has 8 nitrogen and oxygen atoms in total. The molecule has 8 heteroatoms. The van der Waals surface area contributed by atoms with E-state index < -0.39 is 4.92 Å². The van der Waals surface area contributed by atoms with E-state index in [0.29, 0.717) is 38.1 Å². The van der Waals surface area contributed by atoms with Crippen molar-refractivity contribution >= 4 is 23.3 Å². The number of anilines is 1. The number of ether oxygens (including phenoxy) is 1. The summed E-state index contributed by atoms with van der Waals surface area (Å²) in [5.74, 6) is -0.521. The lowest BCUT2D eigenvalue weighted by atomic mass is 9.97. The Morgan fingerprint density at radius 1 is 1.36 bits per heavy atom. The fraction of sp³-hybridized carbons (Fsp3) is 0.529. The van der Waals surface area contributed by atoms with Crippen LogP contribution >= 0.6 is 0 Å². The number of aryl methyl sites for hydroxylation is 1. The molecule has 0 saturated carbocycles. The number of quaternary nitrogens is 1. The van der Waals surface area contributed by atoms with Gasteiger partial charge in [0.1, 0.15) is 5.69 Å². The molecule has 0 atom stereocenters. The summed E-state index contributed by atoms with van der Waals surface area (Å²) < 4.78 is 5.03. The number of nitrogens with zero attached hydrogens (tertiary/aromatic N) is 1. The number of hydrogen-bond acceptors (Lipinski definition) is 5. The normalized spacial score (nSPS) is 19.9. The number of likely N-dealkylation sites (tertiary alicyclic amines) is 1. The minimum Gasteiger partial charge on any atom is -0.466 e. The average Bonchev–Trinajstić information content (AvgIpc) is 2.57. The number of nitro groups is 1. The molecule has 1 heterocycles. The highest BCUT2D eigenvalue weighted by molar-refractivity contribution is 5.94. The van der Waals surface area contributed by atoms with Gasteiger partial charge in [0.2, 0.25) is 0 Å². The number of rotatable bonds is 6. The van der Waals surface area contributed by atoms with E-state index in [1.54, 1.807) is 26.0 Å². The number of para-hydroxylation sites is 1. The fourth-order valence-corrected chi connectivity index (χ4v) is 3.08. The summed E-state index contributed by atoms with van der Waals surface area (Å²) in [6.45, 7) is 5.51. The van der Waals surface area contributed by atoms with E-state index in [9.17, 15) is 19.7 Å². The molecule has 1 aliphatic rings. The number of benzene rings is 1. The topological polar surface area (TPSA) is 103 Å². The molecular weight excluding hydrogens is 326 g/mol. The van der Waals surface area contributed by atoms with Gasteiger partial charge in [0.15, 0.2) is 6.54 Å². The summed E-state index contributed by atoms with van der Waals surface area (Å²) in [6.07, 6.45) is 1.37. The Morgan fingerprint density at radius 2 is 2.04 bits per heavy atom. The zero-order chi connectivity index (χ0) is 18.4. The van der Waals surface area contributed by atoms with Crippen molar-refractivity contribution in [3.05, 3.63) is 33.9 Å². The van der Waals surface area contributed by atoms with Crippen LogP contribution in [-0.2, 0) is 14.3 Å². The molecule has 0 radical (unpaired) electrons. The molecule has 0 bridgehead atoms. The maximum Gasteiger partial charge on any atom is 0.309 e. The molecule has 0 spiro atoms. The van der Waals surface area contributed by atoms with E-state index in [2.05, 4.69) is 5.32 Å². The van der Waals surface area contributed by atoms with Crippen LogP contribution in [0, 0.1) is 23.0 Å². The van der Waals surface area contributed by atoms with Gasteiger partial charge in [-0.2, -0.15) is 0 Å². The Morgan fingerprint density at radius 3 is 2.64 bits per heavy atom. The summed E-state index contributed by atoms with van der Waals surface area (Å²) >= 11 is 0. The number of carbonyl (C=O) groups is 2. The molecule has 2 N–H and O–H groups in total. The highest BCUT2D eigenvalue weighted by Crippen LogP contribution is 2.27. The van der Waals surface area contributed by atoms with Crippen LogP contribution in [0.15, 0.2) is 18.2 Å². The molecule has 1 aliphatic heterocycles. The number of nitro benzene ring substituents is 1. The summed E-state index contributed by atoms with van der Waals surface area (Å²) in [5.41, 5.74) is 0.793. The van der Waals surface area contributed by atoms with E-state index in [4.69, 9.17) is 4.74 Å². The van der Waals surface area contributed by atoms with Crippen molar-refractivity contribution in [2.45, 2.75) is 26.7 Å². The van der Waals surface area contributed by atoms with Crippen LogP contribution in [0.4, 0.5) is 11.4 Å². The number of piperidine rings is 1. The lowest BCUT2D eigenvalue weighted by Gasteiger charge is -2.27. The second-order valence-electron chi connectivity index (χ2n) is 6.23. The molecule has 2 rings (SSSR count). The van der Waals surface area contributed by atoms with Crippen LogP contribution in [0.25, 0.3) is 0 Å². The van der Waals surface area contributed by atoms with Crippen LogP contribution in [0.1, 0.15) is 25.3 Å². The van der Waals surface area contributed by atoms with E-state index in [-0.39, 0.29) is 35.7 Å². The molecule has 1 aromatic rings. The van der Waals surface area contributed by atoms with Crippen molar-refractivity contribution in [1.29, 1.82) is 0 Å². The van der Waals surface area contributed by atoms with Crippen molar-refractivity contribution in [1.82, 2.24) is 0 Å². The first-order valence-electron chi connectivity index (χ1n) is 8.46. The third-order valence-electron chi connectivity index (χ3n) is 4.44. The lowest BCUT2D eigenvalue weighted by molar-refractivity contribution is -0.897. The van der Waals surface area contributed by atoms with Gasteiger partial charge in [0.05, 0.1) is 30.5 Å². The Kier molecular flexibility index (Phi) is 6.46. The second kappa shape index (κ2) is 8.57. The van der Waals surface area contributed by atoms with Gasteiger partial charge in [-0.1, -0.05) is 12.1 Å². The molecule has 1 fully saturated rings. The average molecular weight is 350 g/mol. The zero-order valence-corrected chi connectivity index (χ0v) is 14.5. The molecule has 0 aromatic heterocycles. The smallest absolute Gasteiger partial charge is 0.309 e. The summed E-state index contributed by atoms with van der Waals surface area (Å²) in [7, 11) is 0. The molecule has 1 amide bonds. The maximum atomic E-state index is 12.3. The third kappa shape index (κ3) is 4.99. The Hall–Kier alpha value is -2.48. The Balaban J connectivity index is 1.90. The fourth-order valence-electron chi connectivity index (χ4n) is 3.08. The molecular formula is C17H24N3O5+. The molecule has 136 valence electrons. The highest BCUT2D eigenvalue weighted by atomic mass is 16.6. The molecule has 0 unspecified atom stereocenters. The predicted octanol–water partition coefficient (Wildman–Crippen LogP) is 0.700. The van der Waals surface area contributed by atoms with E-state index in [1.807, 2.05) is 0 Å². The van der Waals surface area contributed by atoms with Gasteiger partial charge in [-0.25, -0.2) is 0 Å². The van der Waals surface area contributed by atoms with E-state index in [1.165, 1.54) is 6.07 Å². The first-order valence-corrected chi connectivity index (χ1v) is 8.46. The van der Waals surface area contributed by atoms with Crippen molar-refractivity contribution in [3.63, 3.8) is 0 Å². The first kappa shape index (κ1) is 18.9. The van der Waals surface area contributed by atoms with Gasteiger partial charge in [-0.05, 0) is 19.4 Å². The van der Waals surface area contributed by atoms with Gasteiger partial charge < -0.3 is 15.0 Å². The standard InChI is InChI=1S/C17H23N3O5/c1-3-25-17(22)13-7-9-19(10-8-13)11-15(21)18-16-12(2)5-4-6-14(16)20(23)24/h4-6,13H,3,7-11H2,1-2H3,(H,18,21)/p+1. The molecule has 1 aromatic carbocycles. The van der Waals surface area contributed by atoms with Crippen molar-refractivity contribution in [2.24, 2.45) is 5.92 Å². The SMILES string of the molecule is CCOC(=O)C1CC[NH+](CC(=O)Nc2c(C)cccc2[N+](=O)[O-])CC1. The van der Waals surface area contributed by atoms with Crippen LogP contribution in [0.2, 0.25) is 0 Å². The van der Waals surface area contributed by atoms with Crippen molar-refractivity contribution < 1.29 is 24.1 Å². The van der Waals surface area contributed by atoms with E-state index >= 15 is 0 Å². The Labute approximate surface area is 146 Å². The van der Waals surface area contributed by atoms with Gasteiger partial charge in [-0.3, -0.25) is 19.7 Å². The van der Waals surface area contributed by atoms with Gasteiger partial charge in [-0.15, -0.1) is 0 Å². The van der Waals surface area contributed by atoms with Crippen LogP contribution in [0.5, 0.6) is 0 Å². The van der Waals surface area contributed by atoms with Gasteiger partial charge in [0.25, 0.3) is 11.6 Å². The molecule has 1 saturated heterocycles. The minimum absolute atomic E-state index is 0.0933. The quantitative estimate of drug-likeness (QED) is 0.447. The van der Waals surface area contributed by atoms with Gasteiger partial charge in [0, 0.05) is 18.9 Å². The number of esters is 1.